The summed E-state index contributed by atoms with van der Waals surface area (Å²) in [5.41, 5.74) is 0.0797. The molecule has 1 fully saturated rings. The van der Waals surface area contributed by atoms with Gasteiger partial charge in [0, 0.05) is 32.0 Å². The van der Waals surface area contributed by atoms with Gasteiger partial charge in [-0.25, -0.2) is 4.39 Å². The van der Waals surface area contributed by atoms with Crippen LogP contribution in [-0.4, -0.2) is 45.7 Å². The molecule has 1 amide bonds. The van der Waals surface area contributed by atoms with E-state index in [-0.39, 0.29) is 29.8 Å². The molecular weight excluding hydrogens is 349 g/mol. The average molecular weight is 375 g/mol. The van der Waals surface area contributed by atoms with E-state index in [1.54, 1.807) is 18.2 Å². The number of benzene rings is 1. The van der Waals surface area contributed by atoms with E-state index in [0.717, 1.165) is 12.8 Å². The fraction of sp³-hybridized carbons (Fsp3) is 0.550. The van der Waals surface area contributed by atoms with Gasteiger partial charge in [0.15, 0.2) is 0 Å². The van der Waals surface area contributed by atoms with Crippen molar-refractivity contribution in [1.29, 1.82) is 0 Å². The number of aromatic nitrogens is 2. The zero-order valence-electron chi connectivity index (χ0n) is 16.1. The van der Waals surface area contributed by atoms with Crippen LogP contribution >= 0.6 is 0 Å². The zero-order valence-corrected chi connectivity index (χ0v) is 16.1. The molecule has 1 aliphatic heterocycles. The smallest absolute Gasteiger partial charge is 0.227 e. The minimum absolute atomic E-state index is 0.0610. The topological polar surface area (TPSA) is 68.5 Å². The first-order valence-electron chi connectivity index (χ1n) is 9.40. The standard InChI is InChI=1S/C20H26FN3O3/c1-4-24(14-11-12-26-20(2,3)13-14)18(25)10-9-17-22-19(23-27-17)15-7-5-6-8-16(15)21/h5-8,14H,4,9-13H2,1-3H3/t14-/m1/s1. The monoisotopic (exact) mass is 375 g/mol. The van der Waals surface area contributed by atoms with Crippen molar-refractivity contribution in [2.75, 3.05) is 13.2 Å². The summed E-state index contributed by atoms with van der Waals surface area (Å²) in [6.07, 6.45) is 2.29. The number of halogens is 1. The Hall–Kier alpha value is -2.28. The van der Waals surface area contributed by atoms with E-state index in [2.05, 4.69) is 24.0 Å². The number of hydrogen-bond donors (Lipinski definition) is 0. The number of rotatable bonds is 6. The first-order chi connectivity index (χ1) is 12.9. The predicted octanol–water partition coefficient (Wildman–Crippen LogP) is 3.61. The highest BCUT2D eigenvalue weighted by molar-refractivity contribution is 5.76. The van der Waals surface area contributed by atoms with Gasteiger partial charge in [-0.1, -0.05) is 17.3 Å². The molecule has 1 saturated heterocycles. The Morgan fingerprint density at radius 1 is 1.37 bits per heavy atom. The Balaban J connectivity index is 1.61. The number of carbonyl (C=O) groups is 1. The van der Waals surface area contributed by atoms with Gasteiger partial charge in [-0.2, -0.15) is 4.98 Å². The molecule has 3 rings (SSSR count). The zero-order chi connectivity index (χ0) is 19.4. The summed E-state index contributed by atoms with van der Waals surface area (Å²) >= 11 is 0. The summed E-state index contributed by atoms with van der Waals surface area (Å²) < 4.78 is 24.8. The molecule has 1 aromatic heterocycles. The van der Waals surface area contributed by atoms with Crippen LogP contribution in [-0.2, 0) is 16.0 Å². The lowest BCUT2D eigenvalue weighted by Crippen LogP contribution is -2.48. The summed E-state index contributed by atoms with van der Waals surface area (Å²) in [5.74, 6) is 0.199. The van der Waals surface area contributed by atoms with E-state index >= 15 is 0 Å². The van der Waals surface area contributed by atoms with Gasteiger partial charge in [0.05, 0.1) is 11.2 Å². The Morgan fingerprint density at radius 3 is 2.85 bits per heavy atom. The van der Waals surface area contributed by atoms with E-state index in [4.69, 9.17) is 9.26 Å². The third-order valence-corrected chi connectivity index (χ3v) is 4.91. The van der Waals surface area contributed by atoms with Gasteiger partial charge >= 0.3 is 0 Å². The second-order valence-electron chi connectivity index (χ2n) is 7.43. The Bertz CT molecular complexity index is 790. The molecule has 27 heavy (non-hydrogen) atoms. The molecule has 2 aromatic rings. The lowest BCUT2D eigenvalue weighted by atomic mass is 9.92. The summed E-state index contributed by atoms with van der Waals surface area (Å²) in [6.45, 7) is 7.42. The maximum atomic E-state index is 13.8. The van der Waals surface area contributed by atoms with Crippen LogP contribution in [0, 0.1) is 5.82 Å². The third kappa shape index (κ3) is 4.71. The summed E-state index contributed by atoms with van der Waals surface area (Å²) in [6, 6.07) is 6.45. The number of ether oxygens (including phenoxy) is 1. The molecule has 1 atom stereocenters. The molecule has 0 saturated carbocycles. The fourth-order valence-corrected chi connectivity index (χ4v) is 3.57. The minimum atomic E-state index is -0.403. The molecule has 0 bridgehead atoms. The third-order valence-electron chi connectivity index (χ3n) is 4.91. The SMILES string of the molecule is CCN(C(=O)CCc1nc(-c2ccccc2F)no1)[C@@H]1CCOC(C)(C)C1. The van der Waals surface area contributed by atoms with Crippen LogP contribution in [0.4, 0.5) is 4.39 Å². The number of nitrogens with zero attached hydrogens (tertiary/aromatic N) is 3. The van der Waals surface area contributed by atoms with Crippen molar-refractivity contribution in [3.8, 4) is 11.4 Å². The maximum Gasteiger partial charge on any atom is 0.227 e. The first-order valence-corrected chi connectivity index (χ1v) is 9.40. The summed E-state index contributed by atoms with van der Waals surface area (Å²) in [4.78, 5) is 18.9. The van der Waals surface area contributed by atoms with Crippen LogP contribution < -0.4 is 0 Å². The minimum Gasteiger partial charge on any atom is -0.375 e. The highest BCUT2D eigenvalue weighted by atomic mass is 19.1. The highest BCUT2D eigenvalue weighted by Gasteiger charge is 2.33. The van der Waals surface area contributed by atoms with Gasteiger partial charge in [0.1, 0.15) is 5.82 Å². The first kappa shape index (κ1) is 19.5. The summed E-state index contributed by atoms with van der Waals surface area (Å²) in [7, 11) is 0. The predicted molar refractivity (Wildman–Crippen MR) is 98.5 cm³/mol. The van der Waals surface area contributed by atoms with Gasteiger partial charge in [-0.3, -0.25) is 4.79 Å². The lowest BCUT2D eigenvalue weighted by molar-refractivity contribution is -0.140. The van der Waals surface area contributed by atoms with Gasteiger partial charge < -0.3 is 14.2 Å². The Morgan fingerprint density at radius 2 is 2.15 bits per heavy atom. The highest BCUT2D eigenvalue weighted by Crippen LogP contribution is 2.28. The second-order valence-corrected chi connectivity index (χ2v) is 7.43. The Kier molecular flexibility index (Phi) is 5.89. The van der Waals surface area contributed by atoms with Crippen LogP contribution in [0.2, 0.25) is 0 Å². The molecule has 0 aliphatic carbocycles. The van der Waals surface area contributed by atoms with Crippen LogP contribution in [0.1, 0.15) is 45.9 Å². The van der Waals surface area contributed by atoms with Gasteiger partial charge in [0.25, 0.3) is 0 Å². The van der Waals surface area contributed by atoms with Crippen LogP contribution in [0.5, 0.6) is 0 Å². The second kappa shape index (κ2) is 8.17. The van der Waals surface area contributed by atoms with Gasteiger partial charge in [-0.15, -0.1) is 0 Å². The number of carbonyl (C=O) groups excluding carboxylic acids is 1. The van der Waals surface area contributed by atoms with Crippen molar-refractivity contribution in [2.24, 2.45) is 0 Å². The largest absolute Gasteiger partial charge is 0.375 e. The molecule has 1 aliphatic rings. The average Bonchev–Trinajstić information content (AvgIpc) is 3.09. The molecule has 0 unspecified atom stereocenters. The van der Waals surface area contributed by atoms with E-state index in [0.29, 0.717) is 31.0 Å². The van der Waals surface area contributed by atoms with Gasteiger partial charge in [0.2, 0.25) is 17.6 Å². The quantitative estimate of drug-likeness (QED) is 0.771. The molecule has 6 nitrogen and oxygen atoms in total. The number of aryl methyl sites for hydroxylation is 1. The molecule has 0 N–H and O–H groups in total. The van der Waals surface area contributed by atoms with Crippen molar-refractivity contribution in [1.82, 2.24) is 15.0 Å². The molecule has 0 spiro atoms. The van der Waals surface area contributed by atoms with E-state index in [9.17, 15) is 9.18 Å². The van der Waals surface area contributed by atoms with Crippen LogP contribution in [0.25, 0.3) is 11.4 Å². The van der Waals surface area contributed by atoms with Crippen molar-refractivity contribution in [2.45, 2.75) is 58.1 Å². The van der Waals surface area contributed by atoms with Crippen LogP contribution in [0.15, 0.2) is 28.8 Å². The van der Waals surface area contributed by atoms with Crippen molar-refractivity contribution in [3.05, 3.63) is 36.0 Å². The van der Waals surface area contributed by atoms with E-state index in [1.807, 2.05) is 11.8 Å². The van der Waals surface area contributed by atoms with Crippen molar-refractivity contribution < 1.29 is 18.4 Å². The van der Waals surface area contributed by atoms with E-state index in [1.165, 1.54) is 6.07 Å². The van der Waals surface area contributed by atoms with Crippen molar-refractivity contribution in [3.63, 3.8) is 0 Å². The molecular formula is C20H26FN3O3. The van der Waals surface area contributed by atoms with Crippen molar-refractivity contribution >= 4 is 5.91 Å². The van der Waals surface area contributed by atoms with Crippen LogP contribution in [0.3, 0.4) is 0 Å². The molecule has 2 heterocycles. The number of amides is 1. The van der Waals surface area contributed by atoms with Gasteiger partial charge in [-0.05, 0) is 45.7 Å². The molecule has 7 heteroatoms. The molecule has 0 radical (unpaired) electrons. The lowest BCUT2D eigenvalue weighted by Gasteiger charge is -2.41. The molecule has 146 valence electrons. The maximum absolute atomic E-state index is 13.8. The molecule has 1 aromatic carbocycles. The Labute approximate surface area is 158 Å². The van der Waals surface area contributed by atoms with E-state index < -0.39 is 5.82 Å². The summed E-state index contributed by atoms with van der Waals surface area (Å²) in [5, 5.41) is 3.83. The normalized spacial score (nSPS) is 19.0. The fourth-order valence-electron chi connectivity index (χ4n) is 3.57. The number of hydrogen-bond acceptors (Lipinski definition) is 5.